The Bertz CT molecular complexity index is 1150. The molecule has 2 rings (SSSR count). The summed E-state index contributed by atoms with van der Waals surface area (Å²) in [6.07, 6.45) is -0.179. The van der Waals surface area contributed by atoms with Gasteiger partial charge >= 0.3 is 0 Å². The molecule has 2 aromatic carbocycles. The number of thioether (sulfide) groups is 1. The van der Waals surface area contributed by atoms with Gasteiger partial charge in [-0.15, -0.1) is 0 Å². The van der Waals surface area contributed by atoms with Gasteiger partial charge in [-0.2, -0.15) is 0 Å². The first-order valence-electron chi connectivity index (χ1n) is 11.5. The third-order valence-electron chi connectivity index (χ3n) is 5.51. The zero-order valence-electron chi connectivity index (χ0n) is 21.0. The molecule has 2 aromatic rings. The number of nitrogens with one attached hydrogen (secondary N) is 3. The fraction of sp³-hybridized carbons (Fsp3) is 0.333. The van der Waals surface area contributed by atoms with Crippen LogP contribution >= 0.6 is 11.8 Å². The highest BCUT2D eigenvalue weighted by Crippen LogP contribution is 2.25. The van der Waals surface area contributed by atoms with Gasteiger partial charge in [-0.25, -0.2) is 0 Å². The summed E-state index contributed by atoms with van der Waals surface area (Å²) >= 11 is 0.934. The average Bonchev–Trinajstić information content (AvgIpc) is 2.85. The van der Waals surface area contributed by atoms with Gasteiger partial charge < -0.3 is 15.6 Å². The molecule has 0 aliphatic rings. The number of hydrogen-bond donors (Lipinski definition) is 3. The molecule has 0 aromatic heterocycles. The van der Waals surface area contributed by atoms with Crippen molar-refractivity contribution in [1.29, 1.82) is 10.8 Å². The van der Waals surface area contributed by atoms with Gasteiger partial charge in [-0.1, -0.05) is 67.2 Å². The van der Waals surface area contributed by atoms with Crippen LogP contribution in [-0.4, -0.2) is 64.9 Å². The molecule has 8 nitrogen and oxygen atoms in total. The summed E-state index contributed by atoms with van der Waals surface area (Å²) in [6.45, 7) is 3.02. The quantitative estimate of drug-likeness (QED) is 0.228. The van der Waals surface area contributed by atoms with E-state index in [9.17, 15) is 19.2 Å². The fourth-order valence-electron chi connectivity index (χ4n) is 3.35. The summed E-state index contributed by atoms with van der Waals surface area (Å²) in [5.41, 5.74) is 1.79. The predicted octanol–water partition coefficient (Wildman–Crippen LogP) is 3.69. The van der Waals surface area contributed by atoms with E-state index in [0.717, 1.165) is 11.8 Å². The SMILES string of the molecule is CC(=O)N[C@@H](CSC(=O)[C@H](C)c1cccc(C(=O)c2ccccc2)c1)C(=O)CC(=N)CC(=N)N(C)C. The van der Waals surface area contributed by atoms with E-state index < -0.39 is 17.9 Å². The Morgan fingerprint density at radius 3 is 2.19 bits per heavy atom. The monoisotopic (exact) mass is 508 g/mol. The highest BCUT2D eigenvalue weighted by molar-refractivity contribution is 8.13. The van der Waals surface area contributed by atoms with Crippen LogP contribution in [0.1, 0.15) is 54.1 Å². The summed E-state index contributed by atoms with van der Waals surface area (Å²) in [5.74, 6) is -1.23. The summed E-state index contributed by atoms with van der Waals surface area (Å²) in [7, 11) is 3.38. The van der Waals surface area contributed by atoms with Gasteiger partial charge in [0.1, 0.15) is 5.84 Å². The summed E-state index contributed by atoms with van der Waals surface area (Å²) in [6, 6.07) is 14.9. The Labute approximate surface area is 215 Å². The van der Waals surface area contributed by atoms with Crippen LogP contribution in [0, 0.1) is 10.8 Å². The zero-order valence-corrected chi connectivity index (χ0v) is 21.8. The molecule has 0 unspecified atom stereocenters. The topological polar surface area (TPSA) is 131 Å². The van der Waals surface area contributed by atoms with E-state index in [4.69, 9.17) is 10.8 Å². The molecule has 2 atom stereocenters. The Morgan fingerprint density at radius 1 is 0.944 bits per heavy atom. The van der Waals surface area contributed by atoms with Crippen molar-refractivity contribution in [2.45, 2.75) is 38.6 Å². The second-order valence-electron chi connectivity index (χ2n) is 8.69. The number of ketones is 2. The van der Waals surface area contributed by atoms with Crippen molar-refractivity contribution < 1.29 is 19.2 Å². The first-order valence-corrected chi connectivity index (χ1v) is 12.4. The van der Waals surface area contributed by atoms with Crippen molar-refractivity contribution in [3.05, 3.63) is 71.3 Å². The normalized spacial score (nSPS) is 12.2. The lowest BCUT2D eigenvalue weighted by Crippen LogP contribution is -2.42. The zero-order chi connectivity index (χ0) is 26.8. The standard InChI is InChI=1S/C27H32N4O4S/c1-17(20-11-8-12-21(13-20)26(34)19-9-6-5-7-10-19)27(35)36-16-23(30-18(2)32)24(33)14-22(28)15-25(29)31(3)4/h5-13,17,23,28-29H,14-16H2,1-4H3,(H,30,32)/t17-,23+/m1/s1. The number of hydrogen-bond acceptors (Lipinski definition) is 7. The van der Waals surface area contributed by atoms with Gasteiger partial charge in [0.15, 0.2) is 16.7 Å². The van der Waals surface area contributed by atoms with Crippen molar-refractivity contribution in [2.24, 2.45) is 0 Å². The molecule has 0 radical (unpaired) electrons. The molecule has 0 saturated carbocycles. The van der Waals surface area contributed by atoms with Gasteiger partial charge in [0.05, 0.1) is 12.0 Å². The van der Waals surface area contributed by atoms with Crippen LogP contribution in [0.5, 0.6) is 0 Å². The maximum atomic E-state index is 12.9. The van der Waals surface area contributed by atoms with Crippen molar-refractivity contribution in [3.8, 4) is 0 Å². The van der Waals surface area contributed by atoms with E-state index in [1.807, 2.05) is 6.07 Å². The van der Waals surface area contributed by atoms with Crippen LogP contribution in [0.15, 0.2) is 54.6 Å². The minimum atomic E-state index is -0.927. The second-order valence-corrected chi connectivity index (χ2v) is 9.71. The van der Waals surface area contributed by atoms with E-state index in [1.54, 1.807) is 74.4 Å². The summed E-state index contributed by atoms with van der Waals surface area (Å²) < 4.78 is 0. The molecule has 0 fully saturated rings. The molecular formula is C27H32N4O4S. The first kappa shape index (κ1) is 28.6. The minimum absolute atomic E-state index is 0.0304. The second kappa shape index (κ2) is 13.5. The number of carbonyl (C=O) groups is 4. The van der Waals surface area contributed by atoms with Gasteiger partial charge in [-0.3, -0.25) is 24.6 Å². The van der Waals surface area contributed by atoms with Gasteiger partial charge in [0.2, 0.25) is 5.91 Å². The third kappa shape index (κ3) is 8.57. The van der Waals surface area contributed by atoms with E-state index in [2.05, 4.69) is 5.32 Å². The van der Waals surface area contributed by atoms with E-state index in [1.165, 1.54) is 6.92 Å². The number of benzene rings is 2. The number of Topliss-reactive ketones (excluding diaryl/α,β-unsaturated/α-hetero) is 1. The average molecular weight is 509 g/mol. The van der Waals surface area contributed by atoms with Crippen LogP contribution in [0.25, 0.3) is 0 Å². The summed E-state index contributed by atoms with van der Waals surface area (Å²) in [5, 5.41) is 18.2. The van der Waals surface area contributed by atoms with Gasteiger partial charge in [0.25, 0.3) is 0 Å². The Balaban J connectivity index is 2.04. The fourth-order valence-corrected chi connectivity index (χ4v) is 4.33. The Morgan fingerprint density at radius 2 is 1.58 bits per heavy atom. The molecule has 190 valence electrons. The number of amides is 1. The number of amidine groups is 1. The van der Waals surface area contributed by atoms with Gasteiger partial charge in [0, 0.05) is 56.5 Å². The Hall–Kier alpha value is -3.59. The van der Waals surface area contributed by atoms with Crippen molar-refractivity contribution >= 4 is 45.9 Å². The van der Waals surface area contributed by atoms with Crippen LogP contribution in [-0.2, 0) is 14.4 Å². The first-order chi connectivity index (χ1) is 17.0. The van der Waals surface area contributed by atoms with Gasteiger partial charge in [-0.05, 0) is 11.6 Å². The number of carbonyl (C=O) groups excluding carboxylic acids is 4. The Kier molecular flexibility index (Phi) is 10.7. The minimum Gasteiger partial charge on any atom is -0.366 e. The smallest absolute Gasteiger partial charge is 0.217 e. The van der Waals surface area contributed by atoms with Crippen LogP contribution in [0.3, 0.4) is 0 Å². The van der Waals surface area contributed by atoms with E-state index >= 15 is 0 Å². The van der Waals surface area contributed by atoms with E-state index in [0.29, 0.717) is 16.7 Å². The van der Waals surface area contributed by atoms with Crippen molar-refractivity contribution in [3.63, 3.8) is 0 Å². The lowest BCUT2D eigenvalue weighted by molar-refractivity contribution is -0.125. The van der Waals surface area contributed by atoms with Crippen LogP contribution in [0.4, 0.5) is 0 Å². The maximum Gasteiger partial charge on any atom is 0.217 e. The molecule has 0 bridgehead atoms. The largest absolute Gasteiger partial charge is 0.366 e. The maximum absolute atomic E-state index is 12.9. The molecule has 1 amide bonds. The summed E-state index contributed by atoms with van der Waals surface area (Å²) in [4.78, 5) is 51.7. The lowest BCUT2D eigenvalue weighted by Gasteiger charge is -2.19. The van der Waals surface area contributed by atoms with Crippen LogP contribution in [0.2, 0.25) is 0 Å². The molecule has 0 aliphatic carbocycles. The molecule has 36 heavy (non-hydrogen) atoms. The number of rotatable bonds is 12. The molecule has 0 aliphatic heterocycles. The van der Waals surface area contributed by atoms with Crippen LogP contribution < -0.4 is 5.32 Å². The van der Waals surface area contributed by atoms with Crippen molar-refractivity contribution in [2.75, 3.05) is 19.8 Å². The molecule has 0 saturated heterocycles. The molecule has 9 heteroatoms. The van der Waals surface area contributed by atoms with Crippen molar-refractivity contribution in [1.82, 2.24) is 10.2 Å². The number of nitrogens with zero attached hydrogens (tertiary/aromatic N) is 1. The third-order valence-corrected chi connectivity index (χ3v) is 6.64. The molecule has 0 spiro atoms. The molecule has 0 heterocycles. The highest BCUT2D eigenvalue weighted by Gasteiger charge is 2.25. The highest BCUT2D eigenvalue weighted by atomic mass is 32.2. The molecule has 3 N–H and O–H groups in total. The lowest BCUT2D eigenvalue weighted by atomic mass is 9.96. The van der Waals surface area contributed by atoms with E-state index in [-0.39, 0.29) is 46.8 Å². The molecular weight excluding hydrogens is 476 g/mol. The predicted molar refractivity (Wildman–Crippen MR) is 143 cm³/mol.